The number of nitrogens with zero attached hydrogens (tertiary/aromatic N) is 2. The van der Waals surface area contributed by atoms with Crippen molar-refractivity contribution in [3.63, 3.8) is 0 Å². The lowest BCUT2D eigenvalue weighted by Gasteiger charge is -2.07. The first-order valence-corrected chi connectivity index (χ1v) is 8.68. The van der Waals surface area contributed by atoms with Crippen molar-refractivity contribution < 1.29 is 22.3 Å². The number of aryl methyl sites for hydroxylation is 1. The minimum Gasteiger partial charge on any atom is -0.726 e. The summed E-state index contributed by atoms with van der Waals surface area (Å²) in [4.78, 5) is 3.12. The molecule has 2 aromatic carbocycles. The second-order valence-electron chi connectivity index (χ2n) is 4.96. The molecule has 2 N–H and O–H groups in total. The van der Waals surface area contributed by atoms with E-state index in [-0.39, 0.29) is 0 Å². The average Bonchev–Trinajstić information content (AvgIpc) is 2.58. The summed E-state index contributed by atoms with van der Waals surface area (Å²) in [6.45, 7) is 0.896. The lowest BCUT2D eigenvalue weighted by molar-refractivity contribution is 0.366. The second kappa shape index (κ2) is 10.2. The third-order valence-electron chi connectivity index (χ3n) is 3.09. The summed E-state index contributed by atoms with van der Waals surface area (Å²) in [6, 6.07) is 15.5. The number of diazo groups is 1. The maximum atomic E-state index is 8.63. The molecule has 0 spiro atoms. The Kier molecular flexibility index (Phi) is 8.35. The molecular weight excluding hydrogens is 346 g/mol. The molecule has 0 fully saturated rings. The highest BCUT2D eigenvalue weighted by atomic mass is 32.3. The fourth-order valence-electron chi connectivity index (χ4n) is 2.00. The molecule has 9 heteroatoms. The maximum absolute atomic E-state index is 8.63. The molecule has 0 unspecified atom stereocenters. The van der Waals surface area contributed by atoms with Gasteiger partial charge in [0.2, 0.25) is 15.8 Å². The van der Waals surface area contributed by atoms with E-state index in [9.17, 15) is 0 Å². The molecule has 25 heavy (non-hydrogen) atoms. The van der Waals surface area contributed by atoms with Crippen molar-refractivity contribution in [3.8, 4) is 5.75 Å². The fraction of sp³-hybridized carbons (Fsp3) is 0.250. The molecule has 134 valence electrons. The summed E-state index contributed by atoms with van der Waals surface area (Å²) < 4.78 is 38.0. The largest absolute Gasteiger partial charge is 0.726 e. The van der Waals surface area contributed by atoms with Crippen LogP contribution in [0.4, 0.5) is 11.4 Å². The Morgan fingerprint density at radius 1 is 1.24 bits per heavy atom. The van der Waals surface area contributed by atoms with Crippen LogP contribution in [0, 0.1) is 5.39 Å². The maximum Gasteiger partial charge on any atom is 0.385 e. The van der Waals surface area contributed by atoms with E-state index in [1.807, 2.05) is 24.3 Å². The van der Waals surface area contributed by atoms with Gasteiger partial charge in [-0.15, -0.1) is 0 Å². The van der Waals surface area contributed by atoms with E-state index in [1.54, 1.807) is 19.2 Å². The summed E-state index contributed by atoms with van der Waals surface area (Å²) in [5, 5.41) is 11.9. The molecular formula is C16H19N3O5S. The van der Waals surface area contributed by atoms with Crippen LogP contribution >= 0.6 is 0 Å². The Hall–Kier alpha value is -2.67. The molecule has 0 aromatic heterocycles. The highest BCUT2D eigenvalue weighted by molar-refractivity contribution is 7.79. The van der Waals surface area contributed by atoms with E-state index in [1.165, 1.54) is 5.56 Å². The standard InChI is InChI=1S/C16H18N3O.H2O4S/c1-20-16-6-2-4-13(12-16)5-3-11-18-14-7-9-15(19-17)10-8-14;1-5(2,3)4/h2,4,6-10,12,18H,3,5,11H2,1H3;(H2,1,2,3,4)/q+1;/p-1. The van der Waals surface area contributed by atoms with E-state index >= 15 is 0 Å². The first kappa shape index (κ1) is 20.4. The predicted molar refractivity (Wildman–Crippen MR) is 93.3 cm³/mol. The van der Waals surface area contributed by atoms with Gasteiger partial charge in [0.05, 0.1) is 7.11 Å². The normalized spacial score (nSPS) is 10.2. The van der Waals surface area contributed by atoms with Gasteiger partial charge in [-0.3, -0.25) is 4.55 Å². The van der Waals surface area contributed by atoms with Crippen molar-refractivity contribution in [1.82, 2.24) is 0 Å². The van der Waals surface area contributed by atoms with Crippen LogP contribution in [0.5, 0.6) is 5.75 Å². The smallest absolute Gasteiger partial charge is 0.385 e. The van der Waals surface area contributed by atoms with Crippen LogP contribution in [-0.2, 0) is 16.8 Å². The molecule has 8 nitrogen and oxygen atoms in total. The first-order valence-electron chi connectivity index (χ1n) is 7.32. The number of hydrogen-bond donors (Lipinski definition) is 2. The molecule has 0 saturated carbocycles. The van der Waals surface area contributed by atoms with Gasteiger partial charge in [0, 0.05) is 24.4 Å². The topological polar surface area (TPSA) is 127 Å². The first-order chi connectivity index (χ1) is 11.8. The zero-order valence-electron chi connectivity index (χ0n) is 13.6. The predicted octanol–water partition coefficient (Wildman–Crippen LogP) is 3.23. The van der Waals surface area contributed by atoms with Crippen molar-refractivity contribution in [2.24, 2.45) is 0 Å². The second-order valence-corrected chi connectivity index (χ2v) is 5.81. The minimum absolute atomic E-state index is 0.562. The molecule has 0 heterocycles. The number of rotatable bonds is 6. The number of methoxy groups -OCH3 is 1. The molecule has 0 bridgehead atoms. The van der Waals surface area contributed by atoms with E-state index < -0.39 is 10.4 Å². The van der Waals surface area contributed by atoms with Crippen molar-refractivity contribution in [2.75, 3.05) is 19.0 Å². The van der Waals surface area contributed by atoms with Crippen LogP contribution in [0.3, 0.4) is 0 Å². The SMILES string of the molecule is COc1cccc(CCCNc2ccc([N+]#N)cc2)c1.O=S(=O)([O-])O. The third-order valence-corrected chi connectivity index (χ3v) is 3.09. The Morgan fingerprint density at radius 2 is 1.88 bits per heavy atom. The van der Waals surface area contributed by atoms with E-state index in [0.717, 1.165) is 30.8 Å². The highest BCUT2D eigenvalue weighted by Gasteiger charge is 2.02. The molecule has 2 rings (SSSR count). The zero-order valence-corrected chi connectivity index (χ0v) is 14.4. The highest BCUT2D eigenvalue weighted by Crippen LogP contribution is 2.16. The van der Waals surface area contributed by atoms with Crippen LogP contribution in [0.1, 0.15) is 12.0 Å². The number of hydrogen-bond acceptors (Lipinski definition) is 6. The van der Waals surface area contributed by atoms with Crippen molar-refractivity contribution >= 4 is 21.8 Å². The molecule has 0 aliphatic heterocycles. The number of nitrogens with one attached hydrogen (secondary N) is 1. The van der Waals surface area contributed by atoms with Crippen LogP contribution in [0.15, 0.2) is 48.5 Å². The number of anilines is 1. The van der Waals surface area contributed by atoms with Gasteiger partial charge in [-0.1, -0.05) is 12.1 Å². The van der Waals surface area contributed by atoms with Gasteiger partial charge in [0.25, 0.3) is 0 Å². The molecule has 0 radical (unpaired) electrons. The summed E-state index contributed by atoms with van der Waals surface area (Å²) in [5.74, 6) is 0.902. The van der Waals surface area contributed by atoms with E-state index in [0.29, 0.717) is 5.69 Å². The lowest BCUT2D eigenvalue weighted by atomic mass is 10.1. The van der Waals surface area contributed by atoms with Gasteiger partial charge in [0.15, 0.2) is 4.98 Å². The number of benzene rings is 2. The molecule has 0 atom stereocenters. The number of ether oxygens (including phenoxy) is 1. The molecule has 2 aromatic rings. The minimum atomic E-state index is -4.92. The summed E-state index contributed by atoms with van der Waals surface area (Å²) in [5.41, 5.74) is 2.87. The molecule has 0 aliphatic rings. The van der Waals surface area contributed by atoms with E-state index in [4.69, 9.17) is 27.7 Å². The molecule has 0 amide bonds. The van der Waals surface area contributed by atoms with Crippen molar-refractivity contribution in [3.05, 3.63) is 59.1 Å². The average molecular weight is 365 g/mol. The van der Waals surface area contributed by atoms with Crippen LogP contribution in [0.25, 0.3) is 4.98 Å². The van der Waals surface area contributed by atoms with Gasteiger partial charge >= 0.3 is 5.69 Å². The third kappa shape index (κ3) is 9.93. The van der Waals surface area contributed by atoms with Gasteiger partial charge in [-0.2, -0.15) is 0 Å². The van der Waals surface area contributed by atoms with Crippen molar-refractivity contribution in [1.29, 1.82) is 5.39 Å². The monoisotopic (exact) mass is 365 g/mol. The Labute approximate surface area is 146 Å². The van der Waals surface area contributed by atoms with Gasteiger partial charge in [-0.25, -0.2) is 8.42 Å². The van der Waals surface area contributed by atoms with E-state index in [2.05, 4.69) is 22.4 Å². The summed E-state index contributed by atoms with van der Waals surface area (Å²) >= 11 is 0. The molecule has 0 aliphatic carbocycles. The van der Waals surface area contributed by atoms with Crippen LogP contribution in [-0.4, -0.2) is 31.2 Å². The summed E-state index contributed by atoms with van der Waals surface area (Å²) in [6.07, 6.45) is 2.05. The quantitative estimate of drug-likeness (QED) is 0.348. The van der Waals surface area contributed by atoms with Crippen molar-refractivity contribution in [2.45, 2.75) is 12.8 Å². The fourth-order valence-corrected chi connectivity index (χ4v) is 2.00. The van der Waals surface area contributed by atoms with Crippen LogP contribution in [0.2, 0.25) is 0 Å². The lowest BCUT2D eigenvalue weighted by Crippen LogP contribution is -2.02. The Morgan fingerprint density at radius 3 is 2.44 bits per heavy atom. The molecule has 0 saturated heterocycles. The zero-order chi connectivity index (χ0) is 18.7. The Bertz CT molecular complexity index is 793. The van der Waals surface area contributed by atoms with Crippen LogP contribution < -0.4 is 10.1 Å². The van der Waals surface area contributed by atoms with Gasteiger partial charge < -0.3 is 14.6 Å². The Balaban J connectivity index is 0.000000550. The van der Waals surface area contributed by atoms with Gasteiger partial charge in [-0.05, 0) is 42.7 Å². The van der Waals surface area contributed by atoms with Gasteiger partial charge in [0.1, 0.15) is 5.75 Å². The summed E-state index contributed by atoms with van der Waals surface area (Å²) in [7, 11) is -3.23.